The molecule has 5 rings (SSSR count). The molecule has 0 aliphatic carbocycles. The van der Waals surface area contributed by atoms with Crippen LogP contribution in [0.15, 0.2) is 112 Å². The highest BCUT2D eigenvalue weighted by Gasteiger charge is 2.21. The first-order valence-electron chi connectivity index (χ1n) is 20.4. The molecular weight excluding hydrogens is 897 g/mol. The fourth-order valence-electron chi connectivity index (χ4n) is 6.04. The molecule has 4 aromatic rings. The van der Waals surface area contributed by atoms with Gasteiger partial charge < -0.3 is 23.9 Å². The maximum atomic E-state index is 14.2. The quantitative estimate of drug-likeness (QED) is 0.0194. The molecule has 346 valence electrons. The van der Waals surface area contributed by atoms with Crippen LogP contribution in [0.5, 0.6) is 5.75 Å². The average Bonchev–Trinajstić information content (AvgIpc) is 3.74. The molecule has 1 aliphatic heterocycles. The van der Waals surface area contributed by atoms with Gasteiger partial charge in [-0.15, -0.1) is 11.3 Å². The molecule has 0 atom stereocenters. The Balaban J connectivity index is 0.000000800. The minimum atomic E-state index is -4.11. The first-order valence-corrected chi connectivity index (χ1v) is 24.4. The van der Waals surface area contributed by atoms with Gasteiger partial charge in [0.2, 0.25) is 0 Å². The molecule has 0 radical (unpaired) electrons. The summed E-state index contributed by atoms with van der Waals surface area (Å²) in [5, 5.41) is 4.34. The molecule has 3 aromatic carbocycles. The Kier molecular flexibility index (Phi) is 23.0. The summed E-state index contributed by atoms with van der Waals surface area (Å²) in [5.41, 5.74) is 6.12. The number of hydrogen-bond acceptors (Lipinski definition) is 14. The molecule has 2 heterocycles. The summed E-state index contributed by atoms with van der Waals surface area (Å²) in [5.74, 6) is 0.685. The predicted molar refractivity (Wildman–Crippen MR) is 269 cm³/mol. The highest BCUT2D eigenvalue weighted by atomic mass is 32.2. The largest absolute Gasteiger partial charge is 0.495 e. The number of anilines is 3. The smallest absolute Gasteiger partial charge is 0.294 e. The number of halogens is 2. The third-order valence-electron chi connectivity index (χ3n) is 9.19. The lowest BCUT2D eigenvalue weighted by Gasteiger charge is -2.37. The number of piperazine rings is 1. The number of nitrogens with one attached hydrogen (secondary N) is 2. The Morgan fingerprint density at radius 1 is 1.05 bits per heavy atom. The van der Waals surface area contributed by atoms with Gasteiger partial charge in [0.05, 0.1) is 51.0 Å². The van der Waals surface area contributed by atoms with E-state index in [4.69, 9.17) is 18.5 Å². The van der Waals surface area contributed by atoms with Crippen molar-refractivity contribution in [2.75, 3.05) is 74.3 Å². The molecule has 0 unspecified atom stereocenters. The molecule has 0 saturated carbocycles. The Labute approximate surface area is 390 Å². The number of aliphatic imine (C=N–C) groups is 2. The molecule has 1 saturated heterocycles. The van der Waals surface area contributed by atoms with Gasteiger partial charge in [-0.25, -0.2) is 13.8 Å². The van der Waals surface area contributed by atoms with Crippen molar-refractivity contribution in [3.63, 3.8) is 0 Å². The number of allylic oxidation sites excluding steroid dienone is 4. The van der Waals surface area contributed by atoms with Gasteiger partial charge in [0.25, 0.3) is 10.1 Å². The maximum Gasteiger partial charge on any atom is 0.294 e. The first kappa shape index (κ1) is 53.5. The topological polar surface area (TPSA) is 141 Å². The molecule has 1 fully saturated rings. The van der Waals surface area contributed by atoms with Gasteiger partial charge in [-0.1, -0.05) is 65.1 Å². The van der Waals surface area contributed by atoms with Crippen molar-refractivity contribution in [1.82, 2.24) is 9.88 Å². The zero-order valence-electron chi connectivity index (χ0n) is 37.4. The van der Waals surface area contributed by atoms with Gasteiger partial charge >= 0.3 is 0 Å². The van der Waals surface area contributed by atoms with Crippen LogP contribution in [-0.2, 0) is 14.3 Å². The molecule has 1 aromatic heterocycles. The number of rotatable bonds is 20. The zero-order chi connectivity index (χ0) is 47.2. The van der Waals surface area contributed by atoms with Crippen LogP contribution in [-0.4, -0.2) is 95.2 Å². The van der Waals surface area contributed by atoms with Crippen LogP contribution in [0.3, 0.4) is 0 Å². The van der Waals surface area contributed by atoms with Crippen LogP contribution in [0.2, 0.25) is 0 Å². The number of thiazole rings is 1. The fourth-order valence-corrected chi connectivity index (χ4v) is 8.78. The van der Waals surface area contributed by atoms with E-state index < -0.39 is 21.8 Å². The maximum absolute atomic E-state index is 14.2. The highest BCUT2D eigenvalue weighted by molar-refractivity contribution is 8.00. The number of hydrogen-bond donors (Lipinski definition) is 3. The highest BCUT2D eigenvalue weighted by Crippen LogP contribution is 2.38. The lowest BCUT2D eigenvalue weighted by atomic mass is 10.1. The van der Waals surface area contributed by atoms with Crippen molar-refractivity contribution < 1.29 is 30.7 Å². The van der Waals surface area contributed by atoms with E-state index in [0.29, 0.717) is 18.1 Å². The third kappa shape index (κ3) is 16.0. The van der Waals surface area contributed by atoms with E-state index in [1.807, 2.05) is 44.2 Å². The summed E-state index contributed by atoms with van der Waals surface area (Å²) in [7, 11) is -0.706. The van der Waals surface area contributed by atoms with Crippen molar-refractivity contribution in [2.24, 2.45) is 9.98 Å². The number of benzene rings is 3. The van der Waals surface area contributed by atoms with Crippen LogP contribution in [0.1, 0.15) is 49.1 Å². The van der Waals surface area contributed by atoms with E-state index in [9.17, 15) is 17.2 Å². The minimum Gasteiger partial charge on any atom is -0.495 e. The summed E-state index contributed by atoms with van der Waals surface area (Å²) in [6.07, 6.45) is 6.99. The molecule has 18 heteroatoms. The number of methoxy groups -OCH3 is 1. The second-order valence-electron chi connectivity index (χ2n) is 13.7. The number of aryl methyl sites for hydroxylation is 1. The van der Waals surface area contributed by atoms with Crippen LogP contribution in [0.4, 0.5) is 25.8 Å². The van der Waals surface area contributed by atoms with E-state index in [0.717, 1.165) is 95.2 Å². The molecule has 3 N–H and O–H groups in total. The normalized spacial score (nSPS) is 13.5. The van der Waals surface area contributed by atoms with Gasteiger partial charge in [-0.2, -0.15) is 8.42 Å². The van der Waals surface area contributed by atoms with Gasteiger partial charge in [-0.05, 0) is 91.8 Å². The van der Waals surface area contributed by atoms with Crippen molar-refractivity contribution in [3.05, 3.63) is 124 Å². The van der Waals surface area contributed by atoms with E-state index in [2.05, 4.69) is 82.6 Å². The van der Waals surface area contributed by atoms with E-state index >= 15 is 0 Å². The number of ether oxygens (including phenoxy) is 1. The van der Waals surface area contributed by atoms with Crippen LogP contribution >= 0.6 is 35.3 Å². The lowest BCUT2D eigenvalue weighted by molar-refractivity contribution is 0.272. The van der Waals surface area contributed by atoms with Crippen molar-refractivity contribution in [1.29, 1.82) is 0 Å². The molecule has 1 aliphatic rings. The summed E-state index contributed by atoms with van der Waals surface area (Å²) in [6.45, 7) is 25.9. The third-order valence-corrected chi connectivity index (χ3v) is 13.0. The molecule has 0 spiro atoms. The second kappa shape index (κ2) is 27.5. The number of nitrogens with zero attached hydrogens (tertiary/aromatic N) is 5. The van der Waals surface area contributed by atoms with Gasteiger partial charge in [0.1, 0.15) is 24.1 Å². The molecule has 64 heavy (non-hydrogen) atoms. The second-order valence-corrected chi connectivity index (χ2v) is 18.0. The van der Waals surface area contributed by atoms with E-state index in [-0.39, 0.29) is 15.7 Å². The lowest BCUT2D eigenvalue weighted by Crippen LogP contribution is -2.47. The standard InChI is InChI=1S/C38H45F2N7O2S3.C6H8O3S.C2H6/c1-25(2)38-44-35(27-9-7-10-28(22-27)45-52-36-29(39)11-8-12-30(36)40)37(51-38)31(41-4)13-14-42-24-43-32-21-26(3)33(23-34(32)48-5)47-17-15-46(16-18-47)19-20-50-49-6;1-3-5-6(4-2)10(7,8)9;1-2/h7-14,21-23,25,43,45H,4,15-20,24H2,1-3,5-6H3;3-5H,1-2H2,(H,7,8,9);1-2H3/b31-13-,42-14-;6-5+;. The van der Waals surface area contributed by atoms with E-state index in [1.54, 1.807) is 31.8 Å². The summed E-state index contributed by atoms with van der Waals surface area (Å²) in [4.78, 5) is 19.3. The Morgan fingerprint density at radius 2 is 1.73 bits per heavy atom. The monoisotopic (exact) mass is 955 g/mol. The van der Waals surface area contributed by atoms with Crippen molar-refractivity contribution in [2.45, 2.75) is 45.4 Å². The van der Waals surface area contributed by atoms with E-state index in [1.165, 1.54) is 47.6 Å². The molecule has 12 nitrogen and oxygen atoms in total. The Bertz CT molecular complexity index is 2340. The molecule has 0 amide bonds. The summed E-state index contributed by atoms with van der Waals surface area (Å²) in [6, 6.07) is 15.6. The van der Waals surface area contributed by atoms with Gasteiger partial charge in [-0.3, -0.25) is 19.4 Å². The van der Waals surface area contributed by atoms with Crippen LogP contribution < -0.4 is 19.7 Å². The average molecular weight is 956 g/mol. The predicted octanol–water partition coefficient (Wildman–Crippen LogP) is 11.4. The van der Waals surface area contributed by atoms with Gasteiger partial charge in [0, 0.05) is 73.6 Å². The Hall–Kier alpha value is -4.82. The van der Waals surface area contributed by atoms with Crippen molar-refractivity contribution >= 4 is 81.1 Å². The molecule has 0 bridgehead atoms. The SMILES string of the molecule is C=C/C=C(\C=C)S(=O)(=O)O.C=N/C(=C\C=N/CNc1cc(C)c(N2CCN(CCSOC)CC2)cc1OC)c1sc(C(C)C)nc1-c1cccc(NSc2c(F)cccc2F)c1.CC. The fraction of sp³-hybridized carbons (Fsp3) is 0.326. The zero-order valence-corrected chi connectivity index (χ0v) is 40.7. The first-order chi connectivity index (χ1) is 30.7. The molecular formula is C46H59F2N7O5S4. The minimum absolute atomic E-state index is 0.0944. The summed E-state index contributed by atoms with van der Waals surface area (Å²) < 4.78 is 71.4. The Morgan fingerprint density at radius 3 is 2.31 bits per heavy atom. The van der Waals surface area contributed by atoms with Crippen LogP contribution in [0.25, 0.3) is 17.0 Å². The van der Waals surface area contributed by atoms with Gasteiger partial charge in [0.15, 0.2) is 0 Å². The summed E-state index contributed by atoms with van der Waals surface area (Å²) >= 11 is 3.94. The van der Waals surface area contributed by atoms with Crippen molar-refractivity contribution in [3.8, 4) is 17.0 Å². The number of aromatic nitrogens is 1. The van der Waals surface area contributed by atoms with Crippen LogP contribution in [0, 0.1) is 18.6 Å².